The lowest BCUT2D eigenvalue weighted by molar-refractivity contribution is -0.122. The second-order valence-electron chi connectivity index (χ2n) is 6.67. The molecule has 1 amide bonds. The molecule has 3 heteroatoms. The van der Waals surface area contributed by atoms with Gasteiger partial charge in [-0.1, -0.05) is 54.2 Å². The van der Waals surface area contributed by atoms with Gasteiger partial charge >= 0.3 is 0 Å². The van der Waals surface area contributed by atoms with E-state index in [1.165, 1.54) is 21.9 Å². The van der Waals surface area contributed by atoms with Gasteiger partial charge in [0.15, 0.2) is 0 Å². The van der Waals surface area contributed by atoms with Crippen molar-refractivity contribution >= 4 is 20.8 Å². The number of nitrogens with two attached hydrogens (primary N) is 1. The maximum absolute atomic E-state index is 12.5. The Morgan fingerprint density at radius 1 is 1.33 bits per heavy atom. The number of fused-ring (bicyclic) bond motifs is 1. The average Bonchev–Trinajstić information content (AvgIpc) is 3.00. The number of rotatable bonds is 3. The summed E-state index contributed by atoms with van der Waals surface area (Å²) in [6.45, 7) is 6.74. The summed E-state index contributed by atoms with van der Waals surface area (Å²) in [5.74, 6) is -0.168. The molecule has 0 spiro atoms. The first-order valence-electron chi connectivity index (χ1n) is 7.77. The minimum Gasteiger partial charge on any atom is -0.369 e. The molecule has 0 aliphatic heterocycles. The first-order valence-corrected chi connectivity index (χ1v) is 10.7. The largest absolute Gasteiger partial charge is 0.369 e. The maximum atomic E-state index is 12.5. The maximum Gasteiger partial charge on any atom is 0.231 e. The molecule has 0 saturated heterocycles. The Morgan fingerprint density at radius 2 is 2.10 bits per heavy atom. The molecule has 0 heterocycles. The van der Waals surface area contributed by atoms with Crippen LogP contribution >= 0.6 is 0 Å². The fourth-order valence-electron chi connectivity index (χ4n) is 4.09. The lowest BCUT2D eigenvalue weighted by Crippen LogP contribution is -2.44. The molecule has 0 saturated carbocycles. The molecule has 110 valence electrons. The summed E-state index contributed by atoms with van der Waals surface area (Å²) in [6, 6.07) is 6.38. The van der Waals surface area contributed by atoms with Gasteiger partial charge in [0, 0.05) is 0 Å². The zero-order valence-corrected chi connectivity index (χ0v) is 14.2. The monoisotopic (exact) mass is 297 g/mol. The molecular formula is C18H23NOSi. The van der Waals surface area contributed by atoms with E-state index in [9.17, 15) is 4.79 Å². The molecule has 0 bridgehead atoms. The van der Waals surface area contributed by atoms with E-state index < -0.39 is 14.2 Å². The van der Waals surface area contributed by atoms with Crippen LogP contribution in [0.4, 0.5) is 0 Å². The van der Waals surface area contributed by atoms with Gasteiger partial charge in [-0.25, -0.2) is 0 Å². The Kier molecular flexibility index (Phi) is 3.40. The summed E-state index contributed by atoms with van der Waals surface area (Å²) in [5.41, 5.74) is 10.5. The van der Waals surface area contributed by atoms with Crippen molar-refractivity contribution in [3.05, 3.63) is 51.7 Å². The number of hydrogen-bond acceptors (Lipinski definition) is 1. The Balaban J connectivity index is 2.24. The molecule has 1 unspecified atom stereocenters. The van der Waals surface area contributed by atoms with Crippen LogP contribution in [0.5, 0.6) is 0 Å². The fraction of sp³-hybridized carbons (Fsp3) is 0.389. The van der Waals surface area contributed by atoms with Crippen molar-refractivity contribution < 1.29 is 4.79 Å². The fourth-order valence-corrected chi connectivity index (χ4v) is 6.15. The molecular weight excluding hydrogens is 274 g/mol. The van der Waals surface area contributed by atoms with Gasteiger partial charge in [-0.15, -0.1) is 0 Å². The van der Waals surface area contributed by atoms with Crippen molar-refractivity contribution in [2.24, 2.45) is 5.73 Å². The minimum atomic E-state index is -1.08. The van der Waals surface area contributed by atoms with E-state index in [0.29, 0.717) is 0 Å². The predicted molar refractivity (Wildman–Crippen MR) is 90.9 cm³/mol. The zero-order chi connectivity index (χ0) is 15.2. The van der Waals surface area contributed by atoms with E-state index in [4.69, 9.17) is 5.73 Å². The number of allylic oxidation sites excluding steroid dienone is 2. The summed E-state index contributed by atoms with van der Waals surface area (Å²) in [6.07, 6.45) is 7.33. The first-order chi connectivity index (χ1) is 9.96. The van der Waals surface area contributed by atoms with Crippen molar-refractivity contribution in [1.29, 1.82) is 0 Å². The third-order valence-corrected chi connectivity index (χ3v) is 6.91. The second-order valence-corrected chi connectivity index (χ2v) is 9.60. The summed E-state index contributed by atoms with van der Waals surface area (Å²) in [7, 11) is -1.08. The Labute approximate surface area is 128 Å². The number of hydrogen-bond donors (Lipinski definition) is 1. The predicted octanol–water partition coefficient (Wildman–Crippen LogP) is 3.12. The number of primary amides is 1. The zero-order valence-electron chi connectivity index (χ0n) is 13.1. The smallest absolute Gasteiger partial charge is 0.231 e. The van der Waals surface area contributed by atoms with Crippen molar-refractivity contribution in [2.75, 3.05) is 0 Å². The summed E-state index contributed by atoms with van der Waals surface area (Å²) in [5, 5.41) is 1.33. The summed E-state index contributed by atoms with van der Waals surface area (Å²) < 4.78 is 0. The van der Waals surface area contributed by atoms with Crippen LogP contribution in [0.2, 0.25) is 13.1 Å². The minimum absolute atomic E-state index is 0.168. The van der Waals surface area contributed by atoms with Gasteiger partial charge < -0.3 is 5.73 Å². The highest BCUT2D eigenvalue weighted by Crippen LogP contribution is 2.46. The SMILES string of the molecule is CC1=Cc2c(cccc2C2(C(N)=O)CCC=C2[SiH](C)C)C1. The molecule has 3 rings (SSSR count). The van der Waals surface area contributed by atoms with Crippen LogP contribution in [0.15, 0.2) is 35.0 Å². The van der Waals surface area contributed by atoms with Crippen molar-refractivity contribution in [2.45, 2.75) is 44.7 Å². The van der Waals surface area contributed by atoms with Gasteiger partial charge in [-0.2, -0.15) is 0 Å². The van der Waals surface area contributed by atoms with E-state index in [1.54, 1.807) is 0 Å². The van der Waals surface area contributed by atoms with E-state index in [1.807, 2.05) is 0 Å². The first kappa shape index (κ1) is 14.3. The van der Waals surface area contributed by atoms with Gasteiger partial charge in [0.25, 0.3) is 0 Å². The Morgan fingerprint density at radius 3 is 2.76 bits per heavy atom. The Hall–Kier alpha value is -1.61. The standard InChI is InChI=1S/C18H23NOSi/c1-12-10-13-6-4-7-15(14(13)11-12)18(17(19)20)9-5-8-16(18)21(2)3/h4,6-8,11,21H,5,9-10H2,1-3H3,(H2,19,20). The molecule has 1 aromatic rings. The van der Waals surface area contributed by atoms with Gasteiger partial charge in [0.2, 0.25) is 5.91 Å². The molecule has 1 aromatic carbocycles. The van der Waals surface area contributed by atoms with Gasteiger partial charge in [-0.05, 0) is 42.9 Å². The molecule has 0 fully saturated rings. The highest BCUT2D eigenvalue weighted by molar-refractivity contribution is 6.65. The van der Waals surface area contributed by atoms with Crippen LogP contribution in [-0.2, 0) is 16.6 Å². The van der Waals surface area contributed by atoms with Crippen molar-refractivity contribution in [3.63, 3.8) is 0 Å². The second kappa shape index (κ2) is 4.99. The van der Waals surface area contributed by atoms with Crippen molar-refractivity contribution in [3.8, 4) is 0 Å². The third kappa shape index (κ3) is 2.02. The lowest BCUT2D eigenvalue weighted by Gasteiger charge is -2.33. The topological polar surface area (TPSA) is 43.1 Å². The molecule has 2 aliphatic rings. The highest BCUT2D eigenvalue weighted by atomic mass is 28.3. The van der Waals surface area contributed by atoms with Gasteiger partial charge in [0.1, 0.15) is 0 Å². The lowest BCUT2D eigenvalue weighted by atomic mass is 9.76. The third-order valence-electron chi connectivity index (χ3n) is 4.94. The van der Waals surface area contributed by atoms with E-state index in [0.717, 1.165) is 24.8 Å². The van der Waals surface area contributed by atoms with Crippen LogP contribution < -0.4 is 5.73 Å². The highest BCUT2D eigenvalue weighted by Gasteiger charge is 2.46. The van der Waals surface area contributed by atoms with Crippen molar-refractivity contribution in [1.82, 2.24) is 0 Å². The molecule has 1 atom stereocenters. The van der Waals surface area contributed by atoms with E-state index in [-0.39, 0.29) is 5.91 Å². The molecule has 21 heavy (non-hydrogen) atoms. The van der Waals surface area contributed by atoms with Crippen LogP contribution in [0.1, 0.15) is 36.5 Å². The molecule has 2 nitrogen and oxygen atoms in total. The summed E-state index contributed by atoms with van der Waals surface area (Å²) in [4.78, 5) is 12.5. The van der Waals surface area contributed by atoms with Crippen LogP contribution in [-0.4, -0.2) is 14.7 Å². The van der Waals surface area contributed by atoms with E-state index in [2.05, 4.69) is 50.4 Å². The van der Waals surface area contributed by atoms with Gasteiger partial charge in [0.05, 0.1) is 14.2 Å². The number of carbonyl (C=O) groups excluding carboxylic acids is 1. The molecule has 2 aliphatic carbocycles. The number of carbonyl (C=O) groups is 1. The van der Waals surface area contributed by atoms with Gasteiger partial charge in [-0.3, -0.25) is 4.79 Å². The normalized spacial score (nSPS) is 24.0. The summed E-state index contributed by atoms with van der Waals surface area (Å²) >= 11 is 0. The van der Waals surface area contributed by atoms with Crippen LogP contribution in [0, 0.1) is 0 Å². The quantitative estimate of drug-likeness (QED) is 0.856. The number of benzene rings is 1. The molecule has 0 aromatic heterocycles. The Bertz CT molecular complexity index is 672. The molecule has 2 N–H and O–H groups in total. The van der Waals surface area contributed by atoms with Crippen LogP contribution in [0.25, 0.3) is 6.08 Å². The number of amides is 1. The van der Waals surface area contributed by atoms with E-state index >= 15 is 0 Å². The average molecular weight is 297 g/mol. The van der Waals surface area contributed by atoms with Crippen LogP contribution in [0.3, 0.4) is 0 Å². The molecule has 0 radical (unpaired) electrons.